The molecule has 0 aliphatic carbocycles. The summed E-state index contributed by atoms with van der Waals surface area (Å²) in [5.41, 5.74) is 13.6. The molecule has 0 saturated heterocycles. The van der Waals surface area contributed by atoms with E-state index in [1.165, 1.54) is 32.7 Å². The maximum atomic E-state index is 6.81. The minimum Gasteiger partial charge on any atom is -0.455 e. The summed E-state index contributed by atoms with van der Waals surface area (Å²) in [6.07, 6.45) is 0. The van der Waals surface area contributed by atoms with Crippen LogP contribution in [0.1, 0.15) is 0 Å². The molecular formula is C40H19BN2O3. The van der Waals surface area contributed by atoms with E-state index in [4.69, 9.17) is 13.3 Å². The first-order valence-corrected chi connectivity index (χ1v) is 15.7. The summed E-state index contributed by atoms with van der Waals surface area (Å²) in [6, 6.07) is 40.9. The normalized spacial score (nSPS) is 13.6. The van der Waals surface area contributed by atoms with Gasteiger partial charge in [0.2, 0.25) is 5.71 Å². The Bertz CT molecular complexity index is 3220. The van der Waals surface area contributed by atoms with E-state index in [9.17, 15) is 0 Å². The number of aromatic nitrogens is 2. The van der Waals surface area contributed by atoms with Gasteiger partial charge in [-0.1, -0.05) is 91.0 Å². The van der Waals surface area contributed by atoms with Crippen molar-refractivity contribution in [1.82, 2.24) is 9.05 Å². The van der Waals surface area contributed by atoms with E-state index in [0.717, 1.165) is 82.9 Å². The Kier molecular flexibility index (Phi) is 3.51. The molecule has 2 aliphatic heterocycles. The van der Waals surface area contributed by atoms with Crippen molar-refractivity contribution in [2.75, 3.05) is 0 Å². The number of hydrogen-bond acceptors (Lipinski definition) is 3. The predicted molar refractivity (Wildman–Crippen MR) is 186 cm³/mol. The molecule has 2 aliphatic rings. The summed E-state index contributed by atoms with van der Waals surface area (Å²) in [6.45, 7) is -0.125. The minimum absolute atomic E-state index is 0.125. The molecule has 0 amide bonds. The van der Waals surface area contributed by atoms with Crippen molar-refractivity contribution < 1.29 is 13.3 Å². The Hall–Kier alpha value is -6.14. The molecule has 13 rings (SSSR count). The van der Waals surface area contributed by atoms with E-state index in [1.54, 1.807) is 0 Å². The molecule has 0 atom stereocenters. The number of fused-ring (bicyclic) bond motifs is 18. The second-order valence-corrected chi connectivity index (χ2v) is 12.8. The summed E-state index contributed by atoms with van der Waals surface area (Å²) in [5.74, 6) is 0. The lowest BCUT2D eigenvalue weighted by atomic mass is 9.45. The van der Waals surface area contributed by atoms with Crippen molar-refractivity contribution in [1.29, 1.82) is 0 Å². The number of para-hydroxylation sites is 5. The molecule has 210 valence electrons. The fourth-order valence-electron chi connectivity index (χ4n) is 9.04. The van der Waals surface area contributed by atoms with Crippen LogP contribution in [0.2, 0.25) is 0 Å². The van der Waals surface area contributed by atoms with Gasteiger partial charge in [-0.15, -0.1) is 0 Å². The van der Waals surface area contributed by atoms with E-state index in [-0.39, 0.29) is 6.85 Å². The first-order valence-electron chi connectivity index (χ1n) is 15.7. The summed E-state index contributed by atoms with van der Waals surface area (Å²) in [5, 5.41) is 9.21. The maximum absolute atomic E-state index is 6.81. The first-order chi connectivity index (χ1) is 22.8. The summed E-state index contributed by atoms with van der Waals surface area (Å²) in [4.78, 5) is 0. The topological polar surface area (TPSA) is 49.3 Å². The van der Waals surface area contributed by atoms with Gasteiger partial charge in [-0.3, -0.25) is 4.57 Å². The van der Waals surface area contributed by atoms with Crippen LogP contribution in [0.4, 0.5) is 0 Å². The molecule has 6 aromatic carbocycles. The van der Waals surface area contributed by atoms with Crippen molar-refractivity contribution in [3.63, 3.8) is 0 Å². The zero-order valence-corrected chi connectivity index (χ0v) is 24.2. The Morgan fingerprint density at radius 3 is 1.89 bits per heavy atom. The average Bonchev–Trinajstić information content (AvgIpc) is 3.89. The number of furan rings is 3. The number of rotatable bonds is 0. The van der Waals surface area contributed by atoms with Gasteiger partial charge in [0.05, 0.1) is 16.3 Å². The van der Waals surface area contributed by atoms with E-state index >= 15 is 0 Å². The number of nitrogens with zero attached hydrogens (tertiary/aromatic N) is 2. The highest BCUT2D eigenvalue weighted by Gasteiger charge is 2.44. The van der Waals surface area contributed by atoms with E-state index in [0.29, 0.717) is 0 Å². The quantitative estimate of drug-likeness (QED) is 0.167. The molecule has 11 aromatic rings. The predicted octanol–water partition coefficient (Wildman–Crippen LogP) is 9.23. The van der Waals surface area contributed by atoms with Gasteiger partial charge in [-0.05, 0) is 35.2 Å². The van der Waals surface area contributed by atoms with Crippen molar-refractivity contribution in [3.8, 4) is 16.8 Å². The largest absolute Gasteiger partial charge is 0.455 e. The molecule has 7 heterocycles. The molecule has 0 saturated carbocycles. The molecule has 46 heavy (non-hydrogen) atoms. The second-order valence-electron chi connectivity index (χ2n) is 12.8. The van der Waals surface area contributed by atoms with Gasteiger partial charge in [0.15, 0.2) is 5.71 Å². The van der Waals surface area contributed by atoms with E-state index < -0.39 is 0 Å². The van der Waals surface area contributed by atoms with Crippen molar-refractivity contribution in [3.05, 3.63) is 115 Å². The van der Waals surface area contributed by atoms with Crippen molar-refractivity contribution >= 4 is 106 Å². The zero-order chi connectivity index (χ0) is 29.4. The Balaban J connectivity index is 1.34. The number of benzene rings is 6. The Labute approximate surface area is 259 Å². The van der Waals surface area contributed by atoms with Crippen LogP contribution in [0, 0.1) is 0 Å². The summed E-state index contributed by atoms with van der Waals surface area (Å²) < 4.78 is 25.2. The third-order valence-corrected chi connectivity index (χ3v) is 10.7. The molecule has 0 bridgehead atoms. The molecular weight excluding hydrogens is 567 g/mol. The van der Waals surface area contributed by atoms with Gasteiger partial charge in [0.25, 0.3) is 0 Å². The van der Waals surface area contributed by atoms with Crippen LogP contribution in [0.25, 0.3) is 105 Å². The van der Waals surface area contributed by atoms with Crippen LogP contribution in [0.15, 0.2) is 129 Å². The van der Waals surface area contributed by atoms with Gasteiger partial charge in [0.1, 0.15) is 22.3 Å². The minimum atomic E-state index is -0.125. The third-order valence-electron chi connectivity index (χ3n) is 10.7. The van der Waals surface area contributed by atoms with Crippen LogP contribution in [0.3, 0.4) is 0 Å². The molecule has 0 N–H and O–H groups in total. The monoisotopic (exact) mass is 586 g/mol. The van der Waals surface area contributed by atoms with Gasteiger partial charge in [-0.25, -0.2) is 0 Å². The Morgan fingerprint density at radius 1 is 0.500 bits per heavy atom. The smallest absolute Gasteiger partial charge is 0.336 e. The third kappa shape index (κ3) is 2.26. The molecule has 0 fully saturated rings. The van der Waals surface area contributed by atoms with Gasteiger partial charge < -0.3 is 17.7 Å². The SMILES string of the molecule is c1ccc2c(c1)oc1c3c4c(cc12)-n1c2oc5ccccc5c2c2cccc(c21)B4n1c2oc4ccccc4c2c2cccc-3c21. The van der Waals surface area contributed by atoms with Crippen LogP contribution < -0.4 is 10.9 Å². The standard InChI is InChI=1S/C40H19BN2O3/c1-4-16-29-20(9-1)26-19-28-35-34(38(26)44-29)25-13-7-12-23-33-22-11-3-6-18-31(22)46-40(33)43(36(23)25)41(35)27-15-8-14-24-32-21-10-2-5-17-30(21)45-39(32)42(28)37(24)27/h1-19H. The molecule has 5 aromatic heterocycles. The lowest BCUT2D eigenvalue weighted by molar-refractivity contribution is 0.645. The van der Waals surface area contributed by atoms with Gasteiger partial charge >= 0.3 is 6.85 Å². The van der Waals surface area contributed by atoms with Crippen molar-refractivity contribution in [2.24, 2.45) is 0 Å². The van der Waals surface area contributed by atoms with E-state index in [1.807, 2.05) is 18.2 Å². The van der Waals surface area contributed by atoms with Gasteiger partial charge in [0, 0.05) is 54.6 Å². The zero-order valence-electron chi connectivity index (χ0n) is 24.2. The molecule has 5 nitrogen and oxygen atoms in total. The summed E-state index contributed by atoms with van der Waals surface area (Å²) in [7, 11) is 0. The second kappa shape index (κ2) is 7.22. The molecule has 6 heteroatoms. The lowest BCUT2D eigenvalue weighted by Gasteiger charge is -2.33. The van der Waals surface area contributed by atoms with Crippen LogP contribution >= 0.6 is 0 Å². The average molecular weight is 586 g/mol. The fraction of sp³-hybridized carbons (Fsp3) is 0. The molecule has 0 unspecified atom stereocenters. The highest BCUT2D eigenvalue weighted by molar-refractivity contribution is 6.90. The lowest BCUT2D eigenvalue weighted by Crippen LogP contribution is -2.55. The van der Waals surface area contributed by atoms with Gasteiger partial charge in [-0.2, -0.15) is 0 Å². The first kappa shape index (κ1) is 22.4. The maximum Gasteiger partial charge on any atom is 0.336 e. The molecule has 0 spiro atoms. The van der Waals surface area contributed by atoms with Crippen molar-refractivity contribution in [2.45, 2.75) is 0 Å². The highest BCUT2D eigenvalue weighted by Crippen LogP contribution is 2.49. The molecule has 0 radical (unpaired) electrons. The van der Waals surface area contributed by atoms with Crippen LogP contribution in [-0.4, -0.2) is 15.9 Å². The van der Waals surface area contributed by atoms with Crippen LogP contribution in [0.5, 0.6) is 0 Å². The highest BCUT2D eigenvalue weighted by atomic mass is 16.3. The van der Waals surface area contributed by atoms with Crippen LogP contribution in [-0.2, 0) is 0 Å². The van der Waals surface area contributed by atoms with E-state index in [2.05, 4.69) is 106 Å². The Morgan fingerprint density at radius 2 is 1.11 bits per heavy atom. The fourth-order valence-corrected chi connectivity index (χ4v) is 9.04. The number of hydrogen-bond donors (Lipinski definition) is 0. The summed E-state index contributed by atoms with van der Waals surface area (Å²) >= 11 is 0.